The van der Waals surface area contributed by atoms with Gasteiger partial charge in [0.1, 0.15) is 0 Å². The molecule has 128 valence electrons. The van der Waals surface area contributed by atoms with E-state index >= 15 is 0 Å². The molecule has 0 aliphatic rings. The minimum absolute atomic E-state index is 0. The van der Waals surface area contributed by atoms with Crippen molar-refractivity contribution in [2.45, 2.75) is 51.4 Å². The first kappa shape index (κ1) is 28.8. The van der Waals surface area contributed by atoms with Gasteiger partial charge in [-0.05, 0) is 66.0 Å². The lowest BCUT2D eigenvalue weighted by molar-refractivity contribution is 0.548. The number of rotatable bonds is 14. The predicted molar refractivity (Wildman–Crippen MR) is 99.4 cm³/mol. The second-order valence-corrected chi connectivity index (χ2v) is 4.79. The molecule has 0 aromatic rings. The number of nitrogens with one attached hydrogen (secondary N) is 3. The highest BCUT2D eigenvalue weighted by atomic mass is 35.5. The average molecular weight is 353 g/mol. The van der Waals surface area contributed by atoms with E-state index in [1.54, 1.807) is 0 Å². The fraction of sp³-hybridized carbons (Fsp3) is 1.00. The Morgan fingerprint density at radius 2 is 0.750 bits per heavy atom. The van der Waals surface area contributed by atoms with Crippen molar-refractivity contribution in [2.24, 2.45) is 0 Å². The Morgan fingerprint density at radius 1 is 0.450 bits per heavy atom. The highest BCUT2D eigenvalue weighted by Crippen LogP contribution is 1.99. The third kappa shape index (κ3) is 27.2. The summed E-state index contributed by atoms with van der Waals surface area (Å²) >= 11 is 0. The normalized spacial score (nSPS) is 9.30. The van der Waals surface area contributed by atoms with Crippen molar-refractivity contribution in [3.8, 4) is 0 Å². The minimum atomic E-state index is 0. The van der Waals surface area contributed by atoms with Crippen molar-refractivity contribution in [3.63, 3.8) is 0 Å². The fourth-order valence-corrected chi connectivity index (χ4v) is 1.94. The maximum Gasteiger partial charge on any atom is -0.00489 e. The molecule has 20 heavy (non-hydrogen) atoms. The molecule has 0 aliphatic heterocycles. The molecule has 0 bridgehead atoms. The van der Waals surface area contributed by atoms with Gasteiger partial charge in [0.2, 0.25) is 0 Å². The molecule has 0 heterocycles. The summed E-state index contributed by atoms with van der Waals surface area (Å²) in [4.78, 5) is 0. The molecule has 0 aliphatic carbocycles. The number of hydrogen-bond donors (Lipinski definition) is 3. The van der Waals surface area contributed by atoms with Gasteiger partial charge < -0.3 is 16.0 Å². The van der Waals surface area contributed by atoms with Crippen molar-refractivity contribution in [1.29, 1.82) is 0 Å². The quantitative estimate of drug-likeness (QED) is 0.419. The molecule has 6 heteroatoms. The van der Waals surface area contributed by atoms with E-state index in [0.29, 0.717) is 0 Å². The van der Waals surface area contributed by atoms with Crippen LogP contribution in [0.1, 0.15) is 51.4 Å². The molecule has 0 rings (SSSR count). The molecular weight excluding hydrogens is 317 g/mol. The van der Waals surface area contributed by atoms with Crippen LogP contribution >= 0.6 is 37.2 Å². The lowest BCUT2D eigenvalue weighted by Gasteiger charge is -2.05. The Bertz CT molecular complexity index is 127. The molecule has 0 fully saturated rings. The third-order valence-electron chi connectivity index (χ3n) is 3.06. The molecule has 3 nitrogen and oxygen atoms in total. The van der Waals surface area contributed by atoms with E-state index in [1.165, 1.54) is 77.5 Å². The monoisotopic (exact) mass is 351 g/mol. The largest absolute Gasteiger partial charge is 0.320 e. The van der Waals surface area contributed by atoms with Gasteiger partial charge in [0.15, 0.2) is 0 Å². The average Bonchev–Trinajstić information content (AvgIpc) is 2.35. The summed E-state index contributed by atoms with van der Waals surface area (Å²) in [7, 11) is 4.05. The van der Waals surface area contributed by atoms with Crippen molar-refractivity contribution in [2.75, 3.05) is 40.3 Å². The summed E-state index contributed by atoms with van der Waals surface area (Å²) in [5.41, 5.74) is 0. The standard InChI is InChI=1S/C14H33N3.3ClH/c1-15-11-7-3-5-9-13-17-14-10-6-4-8-12-16-2;;;/h15-17H,3-14H2,1-2H3;3*1H. The Kier molecular flexibility index (Phi) is 40.4. The Labute approximate surface area is 145 Å². The van der Waals surface area contributed by atoms with Crippen LogP contribution < -0.4 is 16.0 Å². The smallest absolute Gasteiger partial charge is 0.00489 e. The highest BCUT2D eigenvalue weighted by molar-refractivity contribution is 5.86. The molecule has 3 N–H and O–H groups in total. The predicted octanol–water partition coefficient (Wildman–Crippen LogP) is 3.40. The van der Waals surface area contributed by atoms with E-state index in [2.05, 4.69) is 16.0 Å². The second-order valence-electron chi connectivity index (χ2n) is 4.79. The van der Waals surface area contributed by atoms with Gasteiger partial charge in [0.05, 0.1) is 0 Å². The molecule has 0 amide bonds. The first-order chi connectivity index (χ1) is 8.41. The van der Waals surface area contributed by atoms with Crippen LogP contribution in [0.2, 0.25) is 0 Å². The van der Waals surface area contributed by atoms with E-state index in [9.17, 15) is 0 Å². The summed E-state index contributed by atoms with van der Waals surface area (Å²) in [5, 5.41) is 9.91. The SMILES string of the molecule is CNCCCCCCNCCCCCCNC.Cl.Cl.Cl. The van der Waals surface area contributed by atoms with Crippen molar-refractivity contribution >= 4 is 37.2 Å². The number of unbranched alkanes of at least 4 members (excludes halogenated alkanes) is 6. The van der Waals surface area contributed by atoms with Crippen molar-refractivity contribution in [3.05, 3.63) is 0 Å². The summed E-state index contributed by atoms with van der Waals surface area (Å²) in [6.07, 6.45) is 10.8. The zero-order chi connectivity index (χ0) is 12.6. The van der Waals surface area contributed by atoms with Gasteiger partial charge in [-0.15, -0.1) is 37.2 Å². The first-order valence-electron chi connectivity index (χ1n) is 7.41. The molecule has 0 saturated heterocycles. The maximum absolute atomic E-state index is 3.54. The van der Waals surface area contributed by atoms with E-state index in [0.717, 1.165) is 0 Å². The molecular formula is C14H36Cl3N3. The summed E-state index contributed by atoms with van der Waals surface area (Å²) < 4.78 is 0. The van der Waals surface area contributed by atoms with E-state index in [1.807, 2.05) is 14.1 Å². The number of hydrogen-bond acceptors (Lipinski definition) is 3. The minimum Gasteiger partial charge on any atom is -0.320 e. The summed E-state index contributed by atoms with van der Waals surface area (Å²) in [6.45, 7) is 4.74. The molecule has 0 aromatic heterocycles. The second kappa shape index (κ2) is 28.0. The molecule has 0 unspecified atom stereocenters. The summed E-state index contributed by atoms with van der Waals surface area (Å²) in [5.74, 6) is 0. The van der Waals surface area contributed by atoms with Crippen LogP contribution in [-0.4, -0.2) is 40.3 Å². The molecule has 0 saturated carbocycles. The zero-order valence-corrected chi connectivity index (χ0v) is 15.7. The third-order valence-corrected chi connectivity index (χ3v) is 3.06. The Hall–Kier alpha value is 0.750. The van der Waals surface area contributed by atoms with Crippen molar-refractivity contribution < 1.29 is 0 Å². The maximum atomic E-state index is 3.54. The number of halogens is 3. The lowest BCUT2D eigenvalue weighted by atomic mass is 10.2. The Morgan fingerprint density at radius 3 is 1.05 bits per heavy atom. The summed E-state index contributed by atoms with van der Waals surface area (Å²) in [6, 6.07) is 0. The van der Waals surface area contributed by atoms with Gasteiger partial charge >= 0.3 is 0 Å². The fourth-order valence-electron chi connectivity index (χ4n) is 1.94. The van der Waals surface area contributed by atoms with Gasteiger partial charge in [0.25, 0.3) is 0 Å². The zero-order valence-electron chi connectivity index (χ0n) is 13.2. The van der Waals surface area contributed by atoms with Crippen LogP contribution in [0.15, 0.2) is 0 Å². The van der Waals surface area contributed by atoms with Crippen LogP contribution in [0.25, 0.3) is 0 Å². The van der Waals surface area contributed by atoms with Gasteiger partial charge in [-0.3, -0.25) is 0 Å². The van der Waals surface area contributed by atoms with Crippen LogP contribution in [0.3, 0.4) is 0 Å². The Balaban J connectivity index is -0.000000427. The highest BCUT2D eigenvalue weighted by Gasteiger charge is 1.91. The molecule has 0 spiro atoms. The van der Waals surface area contributed by atoms with E-state index in [-0.39, 0.29) is 37.2 Å². The van der Waals surface area contributed by atoms with Crippen LogP contribution in [-0.2, 0) is 0 Å². The molecule has 0 radical (unpaired) electrons. The van der Waals surface area contributed by atoms with Crippen LogP contribution in [0, 0.1) is 0 Å². The van der Waals surface area contributed by atoms with Gasteiger partial charge in [0, 0.05) is 0 Å². The van der Waals surface area contributed by atoms with E-state index in [4.69, 9.17) is 0 Å². The van der Waals surface area contributed by atoms with Crippen LogP contribution in [0.4, 0.5) is 0 Å². The van der Waals surface area contributed by atoms with Crippen LogP contribution in [0.5, 0.6) is 0 Å². The van der Waals surface area contributed by atoms with E-state index < -0.39 is 0 Å². The van der Waals surface area contributed by atoms with Crippen molar-refractivity contribution in [1.82, 2.24) is 16.0 Å². The van der Waals surface area contributed by atoms with Gasteiger partial charge in [-0.25, -0.2) is 0 Å². The molecule has 0 aromatic carbocycles. The van der Waals surface area contributed by atoms with Gasteiger partial charge in [-0.2, -0.15) is 0 Å². The topological polar surface area (TPSA) is 36.1 Å². The lowest BCUT2D eigenvalue weighted by Crippen LogP contribution is -2.16. The first-order valence-corrected chi connectivity index (χ1v) is 7.41. The molecule has 0 atom stereocenters. The van der Waals surface area contributed by atoms with Gasteiger partial charge in [-0.1, -0.05) is 25.7 Å².